The molecule has 0 radical (unpaired) electrons. The number of carbonyl (C=O) groups is 2. The molecule has 1 saturated heterocycles. The SMILES string of the molecule is CN1CCC(Oc2ccc(F)cc2)c2ccc(-c3cccnn3)cc2C12OC(=O)C(O)C(O)C(=O)O2. The predicted molar refractivity (Wildman–Crippen MR) is 120 cm³/mol. The molecule has 36 heavy (non-hydrogen) atoms. The number of aliphatic hydroxyl groups is 2. The third-order valence-corrected chi connectivity index (χ3v) is 6.19. The van der Waals surface area contributed by atoms with Crippen LogP contribution in [0.4, 0.5) is 4.39 Å². The molecule has 3 unspecified atom stereocenters. The van der Waals surface area contributed by atoms with Crippen molar-refractivity contribution in [1.82, 2.24) is 15.1 Å². The molecule has 3 atom stereocenters. The van der Waals surface area contributed by atoms with Crippen LogP contribution < -0.4 is 4.74 Å². The van der Waals surface area contributed by atoms with Crippen LogP contribution in [0.1, 0.15) is 23.7 Å². The van der Waals surface area contributed by atoms with Crippen molar-refractivity contribution in [3.8, 4) is 17.0 Å². The van der Waals surface area contributed by atoms with Gasteiger partial charge in [0.15, 0.2) is 12.2 Å². The molecule has 0 bridgehead atoms. The van der Waals surface area contributed by atoms with Crippen molar-refractivity contribution in [2.75, 3.05) is 13.6 Å². The summed E-state index contributed by atoms with van der Waals surface area (Å²) in [6.07, 6.45) is -2.96. The molecule has 2 aromatic carbocycles. The maximum absolute atomic E-state index is 13.4. The first-order valence-corrected chi connectivity index (χ1v) is 11.2. The standard InChI is InChI=1S/C25H22FN3O7/c1-29-12-10-20(34-16-7-5-15(26)6-8-16)17-9-4-14(19-3-2-11-27-28-19)13-18(17)25(29)35-23(32)21(30)22(31)24(33)36-25/h2-9,11,13,20-22,30-31H,10,12H2,1H3. The average Bonchev–Trinajstić information content (AvgIpc) is 3.05. The summed E-state index contributed by atoms with van der Waals surface area (Å²) in [6, 6.07) is 14.1. The van der Waals surface area contributed by atoms with E-state index in [0.29, 0.717) is 29.0 Å². The largest absolute Gasteiger partial charge is 0.486 e. The number of carbonyl (C=O) groups excluding carboxylic acids is 2. The number of rotatable bonds is 3. The van der Waals surface area contributed by atoms with E-state index in [4.69, 9.17) is 14.2 Å². The summed E-state index contributed by atoms with van der Waals surface area (Å²) in [4.78, 5) is 26.9. The Hall–Kier alpha value is -3.93. The Morgan fingerprint density at radius 2 is 1.75 bits per heavy atom. The number of benzene rings is 2. The van der Waals surface area contributed by atoms with Crippen LogP contribution in [0, 0.1) is 5.82 Å². The minimum Gasteiger partial charge on any atom is -0.486 e. The average molecular weight is 495 g/mol. The van der Waals surface area contributed by atoms with Crippen LogP contribution in [-0.2, 0) is 25.0 Å². The minimum atomic E-state index is -2.12. The van der Waals surface area contributed by atoms with Gasteiger partial charge in [0.05, 0.1) is 11.3 Å². The Balaban J connectivity index is 1.68. The number of esters is 2. The molecular formula is C25H22FN3O7. The number of hydrogen-bond acceptors (Lipinski definition) is 10. The molecule has 1 spiro atoms. The third-order valence-electron chi connectivity index (χ3n) is 6.19. The molecular weight excluding hydrogens is 473 g/mol. The van der Waals surface area contributed by atoms with Crippen molar-refractivity contribution < 1.29 is 38.4 Å². The normalized spacial score (nSPS) is 26.4. The van der Waals surface area contributed by atoms with E-state index in [0.717, 1.165) is 0 Å². The van der Waals surface area contributed by atoms with Gasteiger partial charge in [-0.3, -0.25) is 0 Å². The van der Waals surface area contributed by atoms with Crippen molar-refractivity contribution in [3.05, 3.63) is 77.7 Å². The summed E-state index contributed by atoms with van der Waals surface area (Å²) in [5.41, 5.74) is 1.84. The van der Waals surface area contributed by atoms with Gasteiger partial charge in [-0.2, -0.15) is 10.2 Å². The Morgan fingerprint density at radius 1 is 1.06 bits per heavy atom. The molecule has 2 N–H and O–H groups in total. The Labute approximate surface area is 204 Å². The first-order chi connectivity index (χ1) is 17.3. The lowest BCUT2D eigenvalue weighted by molar-refractivity contribution is -0.288. The summed E-state index contributed by atoms with van der Waals surface area (Å²) in [5, 5.41) is 28.2. The molecule has 1 fully saturated rings. The number of hydrogen-bond donors (Lipinski definition) is 2. The quantitative estimate of drug-likeness (QED) is 0.517. The second-order valence-corrected chi connectivity index (χ2v) is 8.50. The monoisotopic (exact) mass is 495 g/mol. The lowest BCUT2D eigenvalue weighted by Gasteiger charge is -2.38. The lowest BCUT2D eigenvalue weighted by Crippen LogP contribution is -2.50. The van der Waals surface area contributed by atoms with E-state index in [9.17, 15) is 24.2 Å². The van der Waals surface area contributed by atoms with Gasteiger partial charge < -0.3 is 24.4 Å². The van der Waals surface area contributed by atoms with Crippen LogP contribution in [0.25, 0.3) is 11.3 Å². The van der Waals surface area contributed by atoms with Crippen LogP contribution in [-0.4, -0.2) is 63.0 Å². The van der Waals surface area contributed by atoms with Crippen LogP contribution in [0.15, 0.2) is 60.8 Å². The highest BCUT2D eigenvalue weighted by Gasteiger charge is 2.55. The molecule has 3 aromatic rings. The van der Waals surface area contributed by atoms with E-state index in [1.807, 2.05) is 0 Å². The van der Waals surface area contributed by atoms with Gasteiger partial charge in [-0.05, 0) is 49.5 Å². The second-order valence-electron chi connectivity index (χ2n) is 8.50. The molecule has 0 saturated carbocycles. The van der Waals surface area contributed by atoms with Crippen LogP contribution in [0.3, 0.4) is 0 Å². The number of aromatic nitrogens is 2. The molecule has 11 heteroatoms. The molecule has 2 aliphatic rings. The first-order valence-electron chi connectivity index (χ1n) is 11.2. The van der Waals surface area contributed by atoms with Gasteiger partial charge in [0.2, 0.25) is 0 Å². The van der Waals surface area contributed by atoms with Gasteiger partial charge >= 0.3 is 17.8 Å². The number of aliphatic hydroxyl groups excluding tert-OH is 2. The summed E-state index contributed by atoms with van der Waals surface area (Å²) < 4.78 is 30.8. The first kappa shape index (κ1) is 23.8. The van der Waals surface area contributed by atoms with Crippen LogP contribution >= 0.6 is 0 Å². The zero-order chi connectivity index (χ0) is 25.4. The number of nitrogens with zero attached hydrogens (tertiary/aromatic N) is 3. The topological polar surface area (TPSA) is 131 Å². The maximum atomic E-state index is 13.4. The predicted octanol–water partition coefficient (Wildman–Crippen LogP) is 1.67. The van der Waals surface area contributed by atoms with E-state index < -0.39 is 42.0 Å². The highest BCUT2D eigenvalue weighted by atomic mass is 19.1. The molecule has 5 rings (SSSR count). The molecule has 0 amide bonds. The van der Waals surface area contributed by atoms with Gasteiger partial charge in [-0.15, -0.1) is 0 Å². The van der Waals surface area contributed by atoms with Crippen molar-refractivity contribution in [3.63, 3.8) is 0 Å². The Morgan fingerprint density at radius 3 is 2.39 bits per heavy atom. The van der Waals surface area contributed by atoms with Crippen molar-refractivity contribution in [2.24, 2.45) is 0 Å². The Kier molecular flexibility index (Phi) is 6.12. The number of halogens is 1. The fourth-order valence-electron chi connectivity index (χ4n) is 4.28. The van der Waals surface area contributed by atoms with Crippen LogP contribution in [0.2, 0.25) is 0 Å². The summed E-state index contributed by atoms with van der Waals surface area (Å²) in [7, 11) is 1.57. The van der Waals surface area contributed by atoms with E-state index >= 15 is 0 Å². The van der Waals surface area contributed by atoms with E-state index in [-0.39, 0.29) is 12.1 Å². The molecule has 186 valence electrons. The highest BCUT2D eigenvalue weighted by molar-refractivity contribution is 5.87. The number of ether oxygens (including phenoxy) is 3. The summed E-state index contributed by atoms with van der Waals surface area (Å²) >= 11 is 0. The fourth-order valence-corrected chi connectivity index (χ4v) is 4.28. The van der Waals surface area contributed by atoms with Crippen molar-refractivity contribution in [1.29, 1.82) is 0 Å². The smallest absolute Gasteiger partial charge is 0.349 e. The number of fused-ring (bicyclic) bond motifs is 2. The summed E-state index contributed by atoms with van der Waals surface area (Å²) in [5.74, 6) is -4.57. The highest BCUT2D eigenvalue weighted by Crippen LogP contribution is 2.44. The van der Waals surface area contributed by atoms with Gasteiger partial charge in [-0.25, -0.2) is 18.9 Å². The van der Waals surface area contributed by atoms with Gasteiger partial charge in [0.25, 0.3) is 0 Å². The molecule has 10 nitrogen and oxygen atoms in total. The van der Waals surface area contributed by atoms with E-state index in [1.54, 1.807) is 37.4 Å². The van der Waals surface area contributed by atoms with Crippen molar-refractivity contribution >= 4 is 11.9 Å². The fraction of sp³-hybridized carbons (Fsp3) is 0.280. The second kappa shape index (κ2) is 9.26. The van der Waals surface area contributed by atoms with Gasteiger partial charge in [0.1, 0.15) is 17.7 Å². The lowest BCUT2D eigenvalue weighted by atomic mass is 9.95. The molecule has 2 aliphatic heterocycles. The minimum absolute atomic E-state index is 0.216. The van der Waals surface area contributed by atoms with Gasteiger partial charge in [-0.1, -0.05) is 12.1 Å². The zero-order valence-electron chi connectivity index (χ0n) is 19.1. The Bertz CT molecular complexity index is 1270. The zero-order valence-corrected chi connectivity index (χ0v) is 19.1. The summed E-state index contributed by atoms with van der Waals surface area (Å²) in [6.45, 7) is 0.216. The maximum Gasteiger partial charge on any atom is 0.349 e. The molecule has 1 aromatic heterocycles. The van der Waals surface area contributed by atoms with E-state index in [2.05, 4.69) is 10.2 Å². The third kappa shape index (κ3) is 4.17. The molecule has 0 aliphatic carbocycles. The van der Waals surface area contributed by atoms with Crippen LogP contribution in [0.5, 0.6) is 5.75 Å². The van der Waals surface area contributed by atoms with Gasteiger partial charge in [0, 0.05) is 30.3 Å². The van der Waals surface area contributed by atoms with E-state index in [1.165, 1.54) is 35.4 Å². The van der Waals surface area contributed by atoms with Crippen molar-refractivity contribution in [2.45, 2.75) is 30.6 Å². The molecule has 3 heterocycles.